The third-order valence-electron chi connectivity index (χ3n) is 3.73. The molecule has 0 aliphatic carbocycles. The summed E-state index contributed by atoms with van der Waals surface area (Å²) in [4.78, 5) is 4.85. The Bertz CT molecular complexity index is 244. The van der Waals surface area contributed by atoms with Crippen LogP contribution in [0.4, 0.5) is 0 Å². The Morgan fingerprint density at radius 3 is 2.59 bits per heavy atom. The van der Waals surface area contributed by atoms with Gasteiger partial charge in [-0.05, 0) is 14.0 Å². The van der Waals surface area contributed by atoms with E-state index in [9.17, 15) is 0 Å². The van der Waals surface area contributed by atoms with Crippen LogP contribution in [0.5, 0.6) is 0 Å². The minimum Gasteiger partial charge on any atom is -0.347 e. The zero-order valence-corrected chi connectivity index (χ0v) is 11.0. The molecule has 2 atom stereocenters. The van der Waals surface area contributed by atoms with Gasteiger partial charge in [-0.15, -0.1) is 0 Å². The van der Waals surface area contributed by atoms with Crippen LogP contribution in [-0.4, -0.2) is 74.6 Å². The first-order chi connectivity index (χ1) is 8.11. The van der Waals surface area contributed by atoms with Gasteiger partial charge in [-0.3, -0.25) is 0 Å². The number of hydrogen-bond donors (Lipinski definition) is 1. The van der Waals surface area contributed by atoms with Crippen molar-refractivity contribution in [3.63, 3.8) is 0 Å². The second-order valence-corrected chi connectivity index (χ2v) is 5.32. The van der Waals surface area contributed by atoms with Gasteiger partial charge in [0.05, 0.1) is 12.7 Å². The van der Waals surface area contributed by atoms with Gasteiger partial charge in [-0.25, -0.2) is 0 Å². The molecule has 0 aromatic carbocycles. The van der Waals surface area contributed by atoms with Crippen molar-refractivity contribution in [1.29, 1.82) is 0 Å². The van der Waals surface area contributed by atoms with E-state index >= 15 is 0 Å². The lowest BCUT2D eigenvalue weighted by atomic mass is 10.2. The van der Waals surface area contributed by atoms with Gasteiger partial charge in [0.1, 0.15) is 0 Å². The summed E-state index contributed by atoms with van der Waals surface area (Å²) in [6.07, 6.45) is 1.00. The first-order valence-corrected chi connectivity index (χ1v) is 6.54. The fraction of sp³-hybridized carbons (Fsp3) is 1.00. The minimum absolute atomic E-state index is 0.0764. The molecule has 0 bridgehead atoms. The second kappa shape index (κ2) is 5.63. The van der Waals surface area contributed by atoms with Gasteiger partial charge in [0, 0.05) is 45.7 Å². The molecule has 0 saturated carbocycles. The molecule has 0 spiro atoms. The van der Waals surface area contributed by atoms with Crippen molar-refractivity contribution in [2.75, 3.05) is 52.9 Å². The van der Waals surface area contributed by atoms with Crippen molar-refractivity contribution < 1.29 is 9.47 Å². The Labute approximate surface area is 104 Å². The molecule has 0 aromatic rings. The van der Waals surface area contributed by atoms with Crippen LogP contribution < -0.4 is 5.73 Å². The van der Waals surface area contributed by atoms with Crippen molar-refractivity contribution in [1.82, 2.24) is 9.80 Å². The van der Waals surface area contributed by atoms with E-state index in [-0.39, 0.29) is 6.10 Å². The number of likely N-dealkylation sites (N-methyl/N-ethyl adjacent to an activating group) is 1. The van der Waals surface area contributed by atoms with Gasteiger partial charge in [-0.2, -0.15) is 0 Å². The van der Waals surface area contributed by atoms with Crippen molar-refractivity contribution in [3.8, 4) is 0 Å². The molecule has 0 amide bonds. The minimum atomic E-state index is -0.423. The van der Waals surface area contributed by atoms with E-state index in [0.717, 1.165) is 39.1 Å². The fourth-order valence-corrected chi connectivity index (χ4v) is 2.37. The van der Waals surface area contributed by atoms with Crippen molar-refractivity contribution in [2.45, 2.75) is 25.2 Å². The maximum absolute atomic E-state index is 5.83. The maximum atomic E-state index is 5.83. The monoisotopic (exact) mass is 243 g/mol. The quantitative estimate of drug-likeness (QED) is 0.735. The molecule has 100 valence electrons. The first kappa shape index (κ1) is 13.2. The summed E-state index contributed by atoms with van der Waals surface area (Å²) in [6.45, 7) is 8.85. The summed E-state index contributed by atoms with van der Waals surface area (Å²) >= 11 is 0. The summed E-state index contributed by atoms with van der Waals surface area (Å²) < 4.78 is 11.5. The third kappa shape index (κ3) is 3.63. The van der Waals surface area contributed by atoms with Gasteiger partial charge in [0.25, 0.3) is 0 Å². The van der Waals surface area contributed by atoms with Crippen LogP contribution in [0.1, 0.15) is 13.3 Å². The molecule has 17 heavy (non-hydrogen) atoms. The fourth-order valence-electron chi connectivity index (χ4n) is 2.37. The van der Waals surface area contributed by atoms with Crippen molar-refractivity contribution >= 4 is 0 Å². The summed E-state index contributed by atoms with van der Waals surface area (Å²) in [7, 11) is 2.17. The van der Waals surface area contributed by atoms with E-state index in [1.807, 2.05) is 6.92 Å². The highest BCUT2D eigenvalue weighted by Crippen LogP contribution is 2.26. The zero-order valence-electron chi connectivity index (χ0n) is 11.0. The average Bonchev–Trinajstić information content (AvgIpc) is 2.71. The summed E-state index contributed by atoms with van der Waals surface area (Å²) in [6, 6.07) is 0. The molecule has 5 nitrogen and oxygen atoms in total. The van der Waals surface area contributed by atoms with E-state index in [1.165, 1.54) is 0 Å². The standard InChI is InChI=1S/C12H25N3O2/c1-12(16-10-11(9-13)17-12)3-4-15-7-5-14(2)6-8-15/h11H,3-10,13H2,1-2H3. The molecule has 2 aliphatic heterocycles. The van der Waals surface area contributed by atoms with Crippen LogP contribution in [0.25, 0.3) is 0 Å². The second-order valence-electron chi connectivity index (χ2n) is 5.32. The van der Waals surface area contributed by atoms with E-state index < -0.39 is 5.79 Å². The van der Waals surface area contributed by atoms with Crippen molar-refractivity contribution in [3.05, 3.63) is 0 Å². The molecule has 2 aliphatic rings. The van der Waals surface area contributed by atoms with Gasteiger partial charge < -0.3 is 25.0 Å². The molecular formula is C12H25N3O2. The predicted octanol–water partition coefficient (Wildman–Crippen LogP) is -0.286. The van der Waals surface area contributed by atoms with Crippen molar-refractivity contribution in [2.24, 2.45) is 5.73 Å². The summed E-state index contributed by atoms with van der Waals surface area (Å²) in [5, 5.41) is 0. The van der Waals surface area contributed by atoms with Crippen LogP contribution in [0.3, 0.4) is 0 Å². The highest BCUT2D eigenvalue weighted by atomic mass is 16.7. The van der Waals surface area contributed by atoms with Crippen LogP contribution in [0.15, 0.2) is 0 Å². The smallest absolute Gasteiger partial charge is 0.167 e. The summed E-state index contributed by atoms with van der Waals surface area (Å²) in [5.74, 6) is -0.423. The number of rotatable bonds is 4. The molecular weight excluding hydrogens is 218 g/mol. The number of piperazine rings is 1. The van der Waals surface area contributed by atoms with Crippen LogP contribution in [0.2, 0.25) is 0 Å². The Hall–Kier alpha value is -0.200. The lowest BCUT2D eigenvalue weighted by molar-refractivity contribution is -0.160. The van der Waals surface area contributed by atoms with E-state index in [4.69, 9.17) is 15.2 Å². The van der Waals surface area contributed by atoms with Gasteiger partial charge in [-0.1, -0.05) is 0 Å². The third-order valence-corrected chi connectivity index (χ3v) is 3.73. The first-order valence-electron chi connectivity index (χ1n) is 6.54. The Morgan fingerprint density at radius 2 is 2.00 bits per heavy atom. The molecule has 2 rings (SSSR count). The zero-order chi connectivity index (χ0) is 12.3. The molecule has 0 aromatic heterocycles. The van der Waals surface area contributed by atoms with E-state index in [2.05, 4.69) is 16.8 Å². The highest BCUT2D eigenvalue weighted by Gasteiger charge is 2.36. The normalized spacial score (nSPS) is 36.5. The molecule has 5 heteroatoms. The molecule has 2 heterocycles. The molecule has 2 saturated heterocycles. The van der Waals surface area contributed by atoms with Crippen LogP contribution >= 0.6 is 0 Å². The molecule has 2 unspecified atom stereocenters. The number of ether oxygens (including phenoxy) is 2. The Balaban J connectivity index is 1.71. The van der Waals surface area contributed by atoms with Gasteiger partial charge in [0.2, 0.25) is 0 Å². The van der Waals surface area contributed by atoms with Crippen LogP contribution in [0, 0.1) is 0 Å². The Morgan fingerprint density at radius 1 is 1.29 bits per heavy atom. The molecule has 2 fully saturated rings. The number of hydrogen-bond acceptors (Lipinski definition) is 5. The lowest BCUT2D eigenvalue weighted by Crippen LogP contribution is -2.46. The van der Waals surface area contributed by atoms with Gasteiger partial charge in [0.15, 0.2) is 5.79 Å². The topological polar surface area (TPSA) is 51.0 Å². The SMILES string of the molecule is CN1CCN(CCC2(C)OCC(CN)O2)CC1. The van der Waals surface area contributed by atoms with E-state index in [0.29, 0.717) is 13.2 Å². The predicted molar refractivity (Wildman–Crippen MR) is 66.8 cm³/mol. The number of nitrogens with zero attached hydrogens (tertiary/aromatic N) is 2. The summed E-state index contributed by atoms with van der Waals surface area (Å²) in [5.41, 5.74) is 5.59. The molecule has 2 N–H and O–H groups in total. The lowest BCUT2D eigenvalue weighted by Gasteiger charge is -2.34. The van der Waals surface area contributed by atoms with Crippen LogP contribution in [-0.2, 0) is 9.47 Å². The Kier molecular flexibility index (Phi) is 4.38. The molecule has 0 radical (unpaired) electrons. The highest BCUT2D eigenvalue weighted by molar-refractivity contribution is 4.78. The largest absolute Gasteiger partial charge is 0.347 e. The number of nitrogens with two attached hydrogens (primary N) is 1. The maximum Gasteiger partial charge on any atom is 0.167 e. The van der Waals surface area contributed by atoms with E-state index in [1.54, 1.807) is 0 Å². The average molecular weight is 243 g/mol. The van der Waals surface area contributed by atoms with Gasteiger partial charge >= 0.3 is 0 Å².